The summed E-state index contributed by atoms with van der Waals surface area (Å²) in [6.07, 6.45) is 0. The summed E-state index contributed by atoms with van der Waals surface area (Å²) in [6.45, 7) is 5.16. The maximum atomic E-state index is 12.1. The molecule has 0 aromatic heterocycles. The molecule has 4 heteroatoms. The molecule has 0 spiro atoms. The molecular formula is C14H18N2O2. The van der Waals surface area contributed by atoms with Gasteiger partial charge in [0.25, 0.3) is 0 Å². The number of benzene rings is 1. The third-order valence-electron chi connectivity index (χ3n) is 3.84. The number of hydrogen-bond acceptors (Lipinski definition) is 3. The molecule has 1 amide bonds. The molecule has 2 atom stereocenters. The molecule has 18 heavy (non-hydrogen) atoms. The summed E-state index contributed by atoms with van der Waals surface area (Å²) < 4.78 is 5.37. The van der Waals surface area contributed by atoms with E-state index < -0.39 is 0 Å². The summed E-state index contributed by atoms with van der Waals surface area (Å²) in [5.41, 5.74) is 3.29. The van der Waals surface area contributed by atoms with E-state index in [0.717, 1.165) is 18.8 Å². The number of ether oxygens (including phenoxy) is 1. The lowest BCUT2D eigenvalue weighted by molar-refractivity contribution is -0.120. The maximum absolute atomic E-state index is 12.1. The van der Waals surface area contributed by atoms with Gasteiger partial charge in [-0.1, -0.05) is 13.0 Å². The van der Waals surface area contributed by atoms with Crippen LogP contribution in [0.1, 0.15) is 18.1 Å². The Bertz CT molecular complexity index is 473. The zero-order chi connectivity index (χ0) is 12.5. The Balaban J connectivity index is 1.71. The summed E-state index contributed by atoms with van der Waals surface area (Å²) in [5, 5.41) is 6.26. The number of hydrogen-bond donors (Lipinski definition) is 2. The second-order valence-corrected chi connectivity index (χ2v) is 5.21. The van der Waals surface area contributed by atoms with E-state index in [9.17, 15) is 4.79 Å². The molecule has 2 aliphatic rings. The quantitative estimate of drug-likeness (QED) is 0.831. The van der Waals surface area contributed by atoms with Crippen LogP contribution < -0.4 is 10.6 Å². The van der Waals surface area contributed by atoms with E-state index in [-0.39, 0.29) is 11.8 Å². The Hall–Kier alpha value is -1.39. The first kappa shape index (κ1) is 11.7. The lowest BCUT2D eigenvalue weighted by atomic mass is 9.97. The molecule has 1 aromatic carbocycles. The van der Waals surface area contributed by atoms with Gasteiger partial charge in [-0.15, -0.1) is 0 Å². The smallest absolute Gasteiger partial charge is 0.229 e. The molecule has 0 unspecified atom stereocenters. The normalized spacial score (nSPS) is 26.1. The number of rotatable bonds is 2. The van der Waals surface area contributed by atoms with Crippen LogP contribution in [0.3, 0.4) is 0 Å². The lowest BCUT2D eigenvalue weighted by Crippen LogP contribution is -2.27. The zero-order valence-corrected chi connectivity index (χ0v) is 10.5. The van der Waals surface area contributed by atoms with Gasteiger partial charge in [-0.2, -0.15) is 0 Å². The molecule has 2 aliphatic heterocycles. The predicted octanol–water partition coefficient (Wildman–Crippen LogP) is 1.51. The van der Waals surface area contributed by atoms with Gasteiger partial charge in [0.15, 0.2) is 0 Å². The SMILES string of the molecule is C[C@@H]1CNC[C@H]1C(=O)Nc1ccc2c(c1)COC2. The first-order valence-electron chi connectivity index (χ1n) is 6.45. The summed E-state index contributed by atoms with van der Waals surface area (Å²) in [4.78, 5) is 12.1. The van der Waals surface area contributed by atoms with Crippen LogP contribution in [0.4, 0.5) is 5.69 Å². The highest BCUT2D eigenvalue weighted by molar-refractivity contribution is 5.93. The number of carbonyl (C=O) groups is 1. The van der Waals surface area contributed by atoms with E-state index in [1.165, 1.54) is 11.1 Å². The number of fused-ring (bicyclic) bond motifs is 1. The monoisotopic (exact) mass is 246 g/mol. The number of amides is 1. The van der Waals surface area contributed by atoms with Gasteiger partial charge in [-0.3, -0.25) is 4.79 Å². The van der Waals surface area contributed by atoms with Crippen LogP contribution in [0.25, 0.3) is 0 Å². The third kappa shape index (κ3) is 2.13. The highest BCUT2D eigenvalue weighted by Crippen LogP contribution is 2.24. The van der Waals surface area contributed by atoms with Crippen molar-refractivity contribution in [3.63, 3.8) is 0 Å². The van der Waals surface area contributed by atoms with Crippen molar-refractivity contribution in [1.82, 2.24) is 5.32 Å². The molecule has 3 rings (SSSR count). The van der Waals surface area contributed by atoms with Crippen molar-refractivity contribution in [2.75, 3.05) is 18.4 Å². The van der Waals surface area contributed by atoms with E-state index in [1.807, 2.05) is 18.2 Å². The van der Waals surface area contributed by atoms with Gasteiger partial charge in [-0.05, 0) is 35.7 Å². The molecule has 4 nitrogen and oxygen atoms in total. The van der Waals surface area contributed by atoms with Crippen molar-refractivity contribution in [1.29, 1.82) is 0 Å². The molecule has 0 saturated carbocycles. The van der Waals surface area contributed by atoms with E-state index >= 15 is 0 Å². The summed E-state index contributed by atoms with van der Waals surface area (Å²) in [6, 6.07) is 6.01. The van der Waals surface area contributed by atoms with Crippen LogP contribution in [-0.2, 0) is 22.7 Å². The predicted molar refractivity (Wildman–Crippen MR) is 69.1 cm³/mol. The van der Waals surface area contributed by atoms with Gasteiger partial charge in [0, 0.05) is 12.2 Å². The Morgan fingerprint density at radius 1 is 1.33 bits per heavy atom. The molecule has 1 fully saturated rings. The van der Waals surface area contributed by atoms with E-state index in [2.05, 4.69) is 17.6 Å². The van der Waals surface area contributed by atoms with Crippen molar-refractivity contribution >= 4 is 11.6 Å². The molecule has 0 radical (unpaired) electrons. The second kappa shape index (κ2) is 4.71. The maximum Gasteiger partial charge on any atom is 0.229 e. The van der Waals surface area contributed by atoms with Crippen LogP contribution in [0.5, 0.6) is 0 Å². The molecular weight excluding hydrogens is 228 g/mol. The highest BCUT2D eigenvalue weighted by Gasteiger charge is 2.29. The second-order valence-electron chi connectivity index (χ2n) is 5.21. The molecule has 96 valence electrons. The van der Waals surface area contributed by atoms with Crippen molar-refractivity contribution in [3.8, 4) is 0 Å². The Morgan fingerprint density at radius 3 is 2.94 bits per heavy atom. The standard InChI is InChI=1S/C14H18N2O2/c1-9-5-15-6-13(9)14(17)16-12-3-2-10-7-18-8-11(10)4-12/h2-4,9,13,15H,5-8H2,1H3,(H,16,17)/t9-,13-/m1/s1. The molecule has 2 heterocycles. The van der Waals surface area contributed by atoms with Crippen molar-refractivity contribution in [2.45, 2.75) is 20.1 Å². The topological polar surface area (TPSA) is 50.4 Å². The molecule has 0 aliphatic carbocycles. The highest BCUT2D eigenvalue weighted by atomic mass is 16.5. The average Bonchev–Trinajstić information content (AvgIpc) is 2.96. The van der Waals surface area contributed by atoms with Gasteiger partial charge >= 0.3 is 0 Å². The summed E-state index contributed by atoms with van der Waals surface area (Å²) >= 11 is 0. The van der Waals surface area contributed by atoms with Gasteiger partial charge in [-0.25, -0.2) is 0 Å². The van der Waals surface area contributed by atoms with Crippen LogP contribution >= 0.6 is 0 Å². The van der Waals surface area contributed by atoms with Crippen LogP contribution in [-0.4, -0.2) is 19.0 Å². The van der Waals surface area contributed by atoms with Gasteiger partial charge in [0.2, 0.25) is 5.91 Å². The average molecular weight is 246 g/mol. The van der Waals surface area contributed by atoms with Crippen molar-refractivity contribution < 1.29 is 9.53 Å². The number of anilines is 1. The van der Waals surface area contributed by atoms with Gasteiger partial charge in [0.05, 0.1) is 19.1 Å². The molecule has 1 aromatic rings. The minimum absolute atomic E-state index is 0.0782. The molecule has 0 bridgehead atoms. The number of carbonyl (C=O) groups excluding carboxylic acids is 1. The Kier molecular flexibility index (Phi) is 3.06. The fraction of sp³-hybridized carbons (Fsp3) is 0.500. The van der Waals surface area contributed by atoms with Gasteiger partial charge < -0.3 is 15.4 Å². The minimum Gasteiger partial charge on any atom is -0.372 e. The van der Waals surface area contributed by atoms with Crippen LogP contribution in [0.15, 0.2) is 18.2 Å². The van der Waals surface area contributed by atoms with Crippen molar-refractivity contribution in [3.05, 3.63) is 29.3 Å². The van der Waals surface area contributed by atoms with Gasteiger partial charge in [0.1, 0.15) is 0 Å². The lowest BCUT2D eigenvalue weighted by Gasteiger charge is -2.14. The van der Waals surface area contributed by atoms with Crippen LogP contribution in [0.2, 0.25) is 0 Å². The summed E-state index contributed by atoms with van der Waals surface area (Å²) in [7, 11) is 0. The minimum atomic E-state index is 0.0782. The summed E-state index contributed by atoms with van der Waals surface area (Å²) in [5.74, 6) is 0.601. The largest absolute Gasteiger partial charge is 0.372 e. The van der Waals surface area contributed by atoms with E-state index in [0.29, 0.717) is 19.1 Å². The number of nitrogens with one attached hydrogen (secondary N) is 2. The fourth-order valence-corrected chi connectivity index (χ4v) is 2.65. The third-order valence-corrected chi connectivity index (χ3v) is 3.84. The molecule has 1 saturated heterocycles. The fourth-order valence-electron chi connectivity index (χ4n) is 2.65. The first-order valence-corrected chi connectivity index (χ1v) is 6.45. The Morgan fingerprint density at radius 2 is 2.17 bits per heavy atom. The first-order chi connectivity index (χ1) is 8.74. The van der Waals surface area contributed by atoms with Crippen molar-refractivity contribution in [2.24, 2.45) is 11.8 Å². The van der Waals surface area contributed by atoms with E-state index in [4.69, 9.17) is 4.74 Å². The Labute approximate surface area is 107 Å². The molecule has 2 N–H and O–H groups in total. The van der Waals surface area contributed by atoms with E-state index in [1.54, 1.807) is 0 Å². The van der Waals surface area contributed by atoms with Crippen LogP contribution in [0, 0.1) is 11.8 Å². The zero-order valence-electron chi connectivity index (χ0n) is 10.5.